The molecule has 0 aromatic carbocycles. The van der Waals surface area contributed by atoms with Crippen molar-refractivity contribution in [2.75, 3.05) is 13.7 Å². The maximum atomic E-state index is 8.69. The lowest BCUT2D eigenvalue weighted by molar-refractivity contribution is 0.0316. The van der Waals surface area contributed by atoms with Crippen molar-refractivity contribution in [3.8, 4) is 0 Å². The highest BCUT2D eigenvalue weighted by molar-refractivity contribution is 4.61. The monoisotopic (exact) mass is 132 g/mol. The summed E-state index contributed by atoms with van der Waals surface area (Å²) in [6.07, 6.45) is 1.19. The molecule has 2 nitrogen and oxygen atoms in total. The number of aliphatic hydroxyl groups is 1. The normalized spacial score (nSPS) is 17.3. The maximum Gasteiger partial charge on any atom is 0.0616 e. The Morgan fingerprint density at radius 1 is 1.56 bits per heavy atom. The summed E-state index contributed by atoms with van der Waals surface area (Å²) in [6, 6.07) is 0. The number of hydrogen-bond acceptors (Lipinski definition) is 2. The van der Waals surface area contributed by atoms with E-state index in [2.05, 4.69) is 6.92 Å². The van der Waals surface area contributed by atoms with Gasteiger partial charge in [0.1, 0.15) is 0 Å². The van der Waals surface area contributed by atoms with Crippen LogP contribution in [-0.2, 0) is 4.74 Å². The van der Waals surface area contributed by atoms with E-state index in [1.54, 1.807) is 7.11 Å². The van der Waals surface area contributed by atoms with Crippen LogP contribution in [0.3, 0.4) is 0 Å². The Bertz CT molecular complexity index is 59.9. The summed E-state index contributed by atoms with van der Waals surface area (Å²) >= 11 is 0. The average molecular weight is 132 g/mol. The SMILES string of the molecule is CC[C@H](OC)[C@H](C)CO. The maximum absolute atomic E-state index is 8.69. The van der Waals surface area contributed by atoms with E-state index in [-0.39, 0.29) is 18.6 Å². The Labute approximate surface area is 56.8 Å². The van der Waals surface area contributed by atoms with Crippen LogP contribution in [0.15, 0.2) is 0 Å². The van der Waals surface area contributed by atoms with Crippen LogP contribution >= 0.6 is 0 Å². The van der Waals surface area contributed by atoms with Gasteiger partial charge < -0.3 is 9.84 Å². The van der Waals surface area contributed by atoms with Crippen molar-refractivity contribution in [2.45, 2.75) is 26.4 Å². The van der Waals surface area contributed by atoms with Gasteiger partial charge in [0.15, 0.2) is 0 Å². The summed E-state index contributed by atoms with van der Waals surface area (Å²) in [5, 5.41) is 8.69. The Hall–Kier alpha value is -0.0800. The minimum atomic E-state index is 0.215. The first kappa shape index (κ1) is 8.92. The molecule has 0 fully saturated rings. The zero-order chi connectivity index (χ0) is 7.28. The van der Waals surface area contributed by atoms with Gasteiger partial charge in [-0.3, -0.25) is 0 Å². The molecule has 0 amide bonds. The van der Waals surface area contributed by atoms with E-state index in [1.807, 2.05) is 6.92 Å². The molecule has 0 saturated heterocycles. The summed E-state index contributed by atoms with van der Waals surface area (Å²) in [5.41, 5.74) is 0. The van der Waals surface area contributed by atoms with Crippen LogP contribution in [0.25, 0.3) is 0 Å². The number of ether oxygens (including phenoxy) is 1. The van der Waals surface area contributed by atoms with Gasteiger partial charge in [-0.25, -0.2) is 0 Å². The van der Waals surface area contributed by atoms with Crippen molar-refractivity contribution in [1.29, 1.82) is 0 Å². The molecule has 0 aliphatic heterocycles. The lowest BCUT2D eigenvalue weighted by Crippen LogP contribution is -2.22. The Balaban J connectivity index is 3.50. The smallest absolute Gasteiger partial charge is 0.0616 e. The lowest BCUT2D eigenvalue weighted by Gasteiger charge is -2.18. The molecule has 0 heterocycles. The van der Waals surface area contributed by atoms with Crippen molar-refractivity contribution in [3.05, 3.63) is 0 Å². The topological polar surface area (TPSA) is 29.5 Å². The summed E-state index contributed by atoms with van der Waals surface area (Å²) in [4.78, 5) is 0. The van der Waals surface area contributed by atoms with Gasteiger partial charge in [-0.05, 0) is 6.42 Å². The van der Waals surface area contributed by atoms with Gasteiger partial charge in [-0.1, -0.05) is 13.8 Å². The van der Waals surface area contributed by atoms with Crippen molar-refractivity contribution in [2.24, 2.45) is 5.92 Å². The highest BCUT2D eigenvalue weighted by atomic mass is 16.5. The molecule has 0 rings (SSSR count). The molecule has 56 valence electrons. The number of methoxy groups -OCH3 is 1. The minimum absolute atomic E-state index is 0.215. The van der Waals surface area contributed by atoms with Crippen LogP contribution < -0.4 is 0 Å². The molecule has 0 saturated carbocycles. The molecule has 0 aliphatic carbocycles. The molecule has 0 aliphatic rings. The second-order valence-corrected chi connectivity index (χ2v) is 2.34. The first-order chi connectivity index (χ1) is 4.26. The molecule has 1 N–H and O–H groups in total. The predicted octanol–water partition coefficient (Wildman–Crippen LogP) is 1.04. The second kappa shape index (κ2) is 4.77. The third-order valence-corrected chi connectivity index (χ3v) is 1.63. The third kappa shape index (κ3) is 2.82. The highest BCUT2D eigenvalue weighted by Crippen LogP contribution is 2.08. The molecule has 0 aromatic rings. The van der Waals surface area contributed by atoms with Crippen molar-refractivity contribution < 1.29 is 9.84 Å². The first-order valence-electron chi connectivity index (χ1n) is 3.39. The molecule has 0 radical (unpaired) electrons. The quantitative estimate of drug-likeness (QED) is 0.619. The van der Waals surface area contributed by atoms with Gasteiger partial charge in [0.25, 0.3) is 0 Å². The fourth-order valence-electron chi connectivity index (χ4n) is 0.919. The summed E-state index contributed by atoms with van der Waals surface area (Å²) in [5.74, 6) is 0.264. The van der Waals surface area contributed by atoms with Crippen molar-refractivity contribution in [1.82, 2.24) is 0 Å². The van der Waals surface area contributed by atoms with Crippen LogP contribution in [0.4, 0.5) is 0 Å². The Kier molecular flexibility index (Phi) is 4.72. The standard InChI is InChI=1S/C7H16O2/c1-4-7(9-3)6(2)5-8/h6-8H,4-5H2,1-3H3/t6-,7+/m1/s1. The molecule has 0 unspecified atom stereocenters. The number of rotatable bonds is 4. The number of hydrogen-bond donors (Lipinski definition) is 1. The predicted molar refractivity (Wildman–Crippen MR) is 37.3 cm³/mol. The van der Waals surface area contributed by atoms with Crippen LogP contribution in [-0.4, -0.2) is 24.9 Å². The van der Waals surface area contributed by atoms with E-state index in [0.717, 1.165) is 6.42 Å². The van der Waals surface area contributed by atoms with E-state index in [0.29, 0.717) is 0 Å². The lowest BCUT2D eigenvalue weighted by atomic mass is 10.0. The van der Waals surface area contributed by atoms with Crippen LogP contribution in [0.5, 0.6) is 0 Å². The third-order valence-electron chi connectivity index (χ3n) is 1.63. The van der Waals surface area contributed by atoms with Crippen LogP contribution in [0.2, 0.25) is 0 Å². The second-order valence-electron chi connectivity index (χ2n) is 2.34. The fourth-order valence-corrected chi connectivity index (χ4v) is 0.919. The molecular weight excluding hydrogens is 116 g/mol. The van der Waals surface area contributed by atoms with Crippen molar-refractivity contribution in [3.63, 3.8) is 0 Å². The van der Waals surface area contributed by atoms with E-state index in [4.69, 9.17) is 9.84 Å². The van der Waals surface area contributed by atoms with E-state index >= 15 is 0 Å². The van der Waals surface area contributed by atoms with Gasteiger partial charge in [0, 0.05) is 19.6 Å². The fraction of sp³-hybridized carbons (Fsp3) is 1.00. The van der Waals surface area contributed by atoms with Gasteiger partial charge in [0.05, 0.1) is 6.10 Å². The number of aliphatic hydroxyl groups excluding tert-OH is 1. The molecule has 2 atom stereocenters. The largest absolute Gasteiger partial charge is 0.396 e. The van der Waals surface area contributed by atoms with E-state index in [1.165, 1.54) is 0 Å². The molecule has 0 bridgehead atoms. The molecule has 0 aromatic heterocycles. The molecule has 0 spiro atoms. The van der Waals surface area contributed by atoms with Gasteiger partial charge in [-0.15, -0.1) is 0 Å². The van der Waals surface area contributed by atoms with E-state index < -0.39 is 0 Å². The van der Waals surface area contributed by atoms with Gasteiger partial charge in [0.2, 0.25) is 0 Å². The Morgan fingerprint density at radius 3 is 2.22 bits per heavy atom. The highest BCUT2D eigenvalue weighted by Gasteiger charge is 2.12. The summed E-state index contributed by atoms with van der Waals surface area (Å²) in [6.45, 7) is 4.25. The summed E-state index contributed by atoms with van der Waals surface area (Å²) in [7, 11) is 1.68. The first-order valence-corrected chi connectivity index (χ1v) is 3.39. The van der Waals surface area contributed by atoms with Crippen LogP contribution in [0, 0.1) is 5.92 Å². The zero-order valence-electron chi connectivity index (χ0n) is 6.42. The zero-order valence-corrected chi connectivity index (χ0v) is 6.42. The average Bonchev–Trinajstić information content (AvgIpc) is 1.90. The van der Waals surface area contributed by atoms with Gasteiger partial charge in [-0.2, -0.15) is 0 Å². The van der Waals surface area contributed by atoms with E-state index in [9.17, 15) is 0 Å². The van der Waals surface area contributed by atoms with Gasteiger partial charge >= 0.3 is 0 Å². The summed E-state index contributed by atoms with van der Waals surface area (Å²) < 4.78 is 5.09. The molecule has 2 heteroatoms. The van der Waals surface area contributed by atoms with Crippen molar-refractivity contribution >= 4 is 0 Å². The minimum Gasteiger partial charge on any atom is -0.396 e. The Morgan fingerprint density at radius 2 is 2.11 bits per heavy atom. The molecular formula is C7H16O2. The molecule has 9 heavy (non-hydrogen) atoms. The van der Waals surface area contributed by atoms with Crippen LogP contribution in [0.1, 0.15) is 20.3 Å².